The van der Waals surface area contributed by atoms with Crippen molar-refractivity contribution in [3.63, 3.8) is 0 Å². The van der Waals surface area contributed by atoms with Gasteiger partial charge in [-0.05, 0) is 46.9 Å². The molecular weight excluding hydrogens is 430 g/mol. The number of carbonyl (C=O) groups is 1. The number of aryl methyl sites for hydroxylation is 2. The second-order valence-electron chi connectivity index (χ2n) is 7.45. The highest BCUT2D eigenvalue weighted by atomic mass is 35.5. The number of aromatic amines is 1. The number of hydrazone groups is 1. The van der Waals surface area contributed by atoms with Crippen molar-refractivity contribution in [1.29, 1.82) is 0 Å². The number of nitro groups is 1. The number of hydrogen-bond acceptors (Lipinski definition) is 5. The molecule has 0 saturated heterocycles. The Kier molecular flexibility index (Phi) is 4.91. The van der Waals surface area contributed by atoms with Crippen LogP contribution < -0.4 is 5.43 Å². The van der Waals surface area contributed by atoms with Crippen molar-refractivity contribution in [1.82, 2.24) is 15.6 Å². The van der Waals surface area contributed by atoms with Crippen molar-refractivity contribution in [2.45, 2.75) is 12.8 Å². The van der Waals surface area contributed by atoms with Gasteiger partial charge in [0.15, 0.2) is 0 Å². The summed E-state index contributed by atoms with van der Waals surface area (Å²) in [5, 5.41) is 24.4. The lowest BCUT2D eigenvalue weighted by Gasteiger charge is -2.06. The molecule has 1 aromatic heterocycles. The monoisotopic (exact) mass is 445 g/mol. The summed E-state index contributed by atoms with van der Waals surface area (Å²) < 4.78 is 0. The molecule has 0 unspecified atom stereocenters. The number of benzene rings is 3. The zero-order valence-corrected chi connectivity index (χ0v) is 17.4. The zero-order chi connectivity index (χ0) is 22.2. The van der Waals surface area contributed by atoms with Crippen LogP contribution in [-0.2, 0) is 12.8 Å². The molecule has 1 aliphatic rings. The predicted octanol–water partition coefficient (Wildman–Crippen LogP) is 4.65. The minimum Gasteiger partial charge on any atom is -0.272 e. The van der Waals surface area contributed by atoms with E-state index in [-0.39, 0.29) is 16.4 Å². The maximum atomic E-state index is 12.5. The molecule has 9 heteroatoms. The summed E-state index contributed by atoms with van der Waals surface area (Å²) in [6.45, 7) is 0. The predicted molar refractivity (Wildman–Crippen MR) is 122 cm³/mol. The van der Waals surface area contributed by atoms with E-state index in [1.54, 1.807) is 12.1 Å². The minimum absolute atomic E-state index is 0.0317. The molecule has 0 fully saturated rings. The maximum Gasteiger partial charge on any atom is 0.289 e. The highest BCUT2D eigenvalue weighted by Crippen LogP contribution is 2.36. The lowest BCUT2D eigenvalue weighted by Crippen LogP contribution is -2.18. The van der Waals surface area contributed by atoms with E-state index in [0.29, 0.717) is 11.3 Å². The molecule has 1 amide bonds. The molecule has 0 aliphatic heterocycles. The molecule has 0 atom stereocenters. The summed E-state index contributed by atoms with van der Waals surface area (Å²) >= 11 is 5.80. The molecule has 1 aliphatic carbocycles. The Bertz CT molecular complexity index is 1420. The molecule has 3 aromatic carbocycles. The van der Waals surface area contributed by atoms with Crippen molar-refractivity contribution in [3.8, 4) is 11.3 Å². The first kappa shape index (κ1) is 19.9. The highest BCUT2D eigenvalue weighted by molar-refractivity contribution is 6.32. The molecule has 5 rings (SSSR count). The van der Waals surface area contributed by atoms with Crippen LogP contribution in [-0.4, -0.2) is 27.2 Å². The number of hydrogen-bond donors (Lipinski definition) is 2. The molecule has 0 radical (unpaired) electrons. The van der Waals surface area contributed by atoms with E-state index in [4.69, 9.17) is 11.6 Å². The standard InChI is InChI=1S/C23H16ClN5O3/c24-18-9-4-13(10-21(18)29(31)32)12-25-28-23(30)20-11-19(26-27-20)16-8-7-15-6-5-14-2-1-3-17(16)22(14)15/h1-4,7-12H,5-6H2,(H,26,27)(H,28,30)/b25-12-. The van der Waals surface area contributed by atoms with E-state index >= 15 is 0 Å². The Morgan fingerprint density at radius 1 is 1.16 bits per heavy atom. The van der Waals surface area contributed by atoms with Crippen LogP contribution in [0.15, 0.2) is 59.7 Å². The first-order chi connectivity index (χ1) is 15.5. The first-order valence-electron chi connectivity index (χ1n) is 9.88. The average molecular weight is 446 g/mol. The van der Waals surface area contributed by atoms with E-state index in [9.17, 15) is 14.9 Å². The van der Waals surface area contributed by atoms with Crippen molar-refractivity contribution >= 4 is 40.2 Å². The number of carbonyl (C=O) groups excluding carboxylic acids is 1. The molecule has 2 N–H and O–H groups in total. The number of rotatable bonds is 5. The summed E-state index contributed by atoms with van der Waals surface area (Å²) in [6, 6.07) is 16.4. The third kappa shape index (κ3) is 3.50. The largest absolute Gasteiger partial charge is 0.289 e. The van der Waals surface area contributed by atoms with Crippen LogP contribution in [0, 0.1) is 10.1 Å². The molecule has 32 heavy (non-hydrogen) atoms. The van der Waals surface area contributed by atoms with Gasteiger partial charge in [0.2, 0.25) is 0 Å². The number of halogens is 1. The van der Waals surface area contributed by atoms with Crippen molar-refractivity contribution in [3.05, 3.63) is 92.1 Å². The smallest absolute Gasteiger partial charge is 0.272 e. The van der Waals surface area contributed by atoms with Gasteiger partial charge in [-0.2, -0.15) is 10.2 Å². The quantitative estimate of drug-likeness (QED) is 0.264. The van der Waals surface area contributed by atoms with Crippen molar-refractivity contribution in [2.75, 3.05) is 0 Å². The van der Waals surface area contributed by atoms with Crippen LogP contribution in [0.5, 0.6) is 0 Å². The van der Waals surface area contributed by atoms with E-state index in [1.807, 2.05) is 12.1 Å². The summed E-state index contributed by atoms with van der Waals surface area (Å²) in [5.74, 6) is -0.477. The Morgan fingerprint density at radius 3 is 2.78 bits per heavy atom. The number of nitrogens with one attached hydrogen (secondary N) is 2. The fourth-order valence-electron chi connectivity index (χ4n) is 4.02. The highest BCUT2D eigenvalue weighted by Gasteiger charge is 2.18. The summed E-state index contributed by atoms with van der Waals surface area (Å²) in [5.41, 5.74) is 7.15. The fraction of sp³-hybridized carbons (Fsp3) is 0.0870. The van der Waals surface area contributed by atoms with Crippen molar-refractivity contribution < 1.29 is 9.72 Å². The summed E-state index contributed by atoms with van der Waals surface area (Å²) in [4.78, 5) is 22.9. The van der Waals surface area contributed by atoms with Gasteiger partial charge < -0.3 is 0 Å². The minimum atomic E-state index is -0.579. The lowest BCUT2D eigenvalue weighted by atomic mass is 9.98. The third-order valence-corrected chi connectivity index (χ3v) is 5.84. The summed E-state index contributed by atoms with van der Waals surface area (Å²) in [7, 11) is 0. The number of nitrogens with zero attached hydrogens (tertiary/aromatic N) is 3. The van der Waals surface area contributed by atoms with Gasteiger partial charge in [-0.25, -0.2) is 5.43 Å². The van der Waals surface area contributed by atoms with Gasteiger partial charge in [0.25, 0.3) is 11.6 Å². The molecule has 0 saturated carbocycles. The Hall–Kier alpha value is -4.04. The first-order valence-corrected chi connectivity index (χ1v) is 10.3. The second kappa shape index (κ2) is 7.90. The van der Waals surface area contributed by atoms with Gasteiger partial charge in [0.1, 0.15) is 10.7 Å². The van der Waals surface area contributed by atoms with Gasteiger partial charge in [0.05, 0.1) is 16.8 Å². The van der Waals surface area contributed by atoms with Gasteiger partial charge in [0, 0.05) is 17.2 Å². The van der Waals surface area contributed by atoms with E-state index in [2.05, 4.69) is 38.9 Å². The zero-order valence-electron chi connectivity index (χ0n) is 16.6. The number of amides is 1. The molecule has 158 valence electrons. The van der Waals surface area contributed by atoms with E-state index < -0.39 is 10.8 Å². The van der Waals surface area contributed by atoms with Crippen LogP contribution in [0.1, 0.15) is 27.2 Å². The lowest BCUT2D eigenvalue weighted by molar-refractivity contribution is -0.384. The molecule has 0 bridgehead atoms. The maximum absolute atomic E-state index is 12.5. The van der Waals surface area contributed by atoms with Crippen LogP contribution >= 0.6 is 11.6 Å². The van der Waals surface area contributed by atoms with Crippen LogP contribution in [0.2, 0.25) is 5.02 Å². The average Bonchev–Trinajstić information content (AvgIpc) is 3.44. The number of aromatic nitrogens is 2. The Labute approximate surface area is 187 Å². The molecular formula is C23H16ClN5O3. The fourth-order valence-corrected chi connectivity index (χ4v) is 4.21. The topological polar surface area (TPSA) is 113 Å². The second-order valence-corrected chi connectivity index (χ2v) is 7.85. The number of H-pyrrole nitrogens is 1. The van der Waals surface area contributed by atoms with Crippen molar-refractivity contribution in [2.24, 2.45) is 5.10 Å². The van der Waals surface area contributed by atoms with Crippen LogP contribution in [0.3, 0.4) is 0 Å². The van der Waals surface area contributed by atoms with Crippen LogP contribution in [0.25, 0.3) is 22.0 Å². The van der Waals surface area contributed by atoms with E-state index in [1.165, 1.54) is 34.9 Å². The SMILES string of the molecule is O=C(N/N=C\c1ccc(Cl)c([N+](=O)[O-])c1)c1cc(-c2ccc3c4c(cccc24)CC3)n[nH]1. The normalized spacial score (nSPS) is 12.5. The number of nitro benzene ring substituents is 1. The molecule has 4 aromatic rings. The molecule has 8 nitrogen and oxygen atoms in total. The van der Waals surface area contributed by atoms with E-state index in [0.717, 1.165) is 23.8 Å². The van der Waals surface area contributed by atoms with Gasteiger partial charge in [-0.1, -0.05) is 48.0 Å². The Morgan fingerprint density at radius 2 is 1.97 bits per heavy atom. The van der Waals surface area contributed by atoms with Gasteiger partial charge in [-0.3, -0.25) is 20.0 Å². The third-order valence-electron chi connectivity index (χ3n) is 5.52. The molecule has 1 heterocycles. The van der Waals surface area contributed by atoms with Gasteiger partial charge >= 0.3 is 0 Å². The van der Waals surface area contributed by atoms with Crippen LogP contribution in [0.4, 0.5) is 5.69 Å². The molecule has 0 spiro atoms. The van der Waals surface area contributed by atoms with Gasteiger partial charge in [-0.15, -0.1) is 0 Å². The summed E-state index contributed by atoms with van der Waals surface area (Å²) in [6.07, 6.45) is 3.39. The Balaban J connectivity index is 1.35.